The first-order valence-electron chi connectivity index (χ1n) is 8.20. The Morgan fingerprint density at radius 3 is 2.13 bits per heavy atom. The zero-order valence-corrected chi connectivity index (χ0v) is 15.2. The topological polar surface area (TPSA) is 55.4 Å². The number of esters is 1. The molecule has 128 valence electrons. The highest BCUT2D eigenvalue weighted by atomic mass is 16.6. The van der Waals surface area contributed by atoms with Crippen molar-refractivity contribution in [3.8, 4) is 0 Å². The fourth-order valence-electron chi connectivity index (χ4n) is 2.02. The lowest BCUT2D eigenvalue weighted by Gasteiger charge is -2.39. The molecule has 1 rings (SSSR count). The van der Waals surface area contributed by atoms with Crippen molar-refractivity contribution in [1.82, 2.24) is 5.32 Å². The fourth-order valence-corrected chi connectivity index (χ4v) is 2.02. The molecule has 0 radical (unpaired) electrons. The van der Waals surface area contributed by atoms with E-state index in [2.05, 4.69) is 12.2 Å². The number of benzene rings is 1. The van der Waals surface area contributed by atoms with Gasteiger partial charge in [-0.05, 0) is 32.4 Å². The summed E-state index contributed by atoms with van der Waals surface area (Å²) in [6.45, 7) is 12.0. The molecule has 1 aromatic rings. The molecule has 0 saturated heterocycles. The lowest BCUT2D eigenvalue weighted by molar-refractivity contribution is -0.150. The molecule has 0 fully saturated rings. The summed E-state index contributed by atoms with van der Waals surface area (Å²) >= 11 is 0. The lowest BCUT2D eigenvalue weighted by Crippen LogP contribution is -2.56. The van der Waals surface area contributed by atoms with Gasteiger partial charge in [0.15, 0.2) is 5.60 Å². The molecule has 0 aliphatic carbocycles. The normalized spacial score (nSPS) is 14.0. The van der Waals surface area contributed by atoms with Gasteiger partial charge in [-0.15, -0.1) is 0 Å². The van der Waals surface area contributed by atoms with Crippen LogP contribution in [0.25, 0.3) is 0 Å². The molecule has 23 heavy (non-hydrogen) atoms. The van der Waals surface area contributed by atoms with Crippen molar-refractivity contribution in [3.05, 3.63) is 35.4 Å². The van der Waals surface area contributed by atoms with Crippen LogP contribution in [0, 0.1) is 12.3 Å². The number of nitrogens with one attached hydrogen (secondary N) is 1. The summed E-state index contributed by atoms with van der Waals surface area (Å²) in [7, 11) is 0. The molecule has 1 atom stereocenters. The molecule has 1 N–H and O–H groups in total. The Morgan fingerprint density at radius 2 is 1.65 bits per heavy atom. The van der Waals surface area contributed by atoms with Crippen molar-refractivity contribution >= 4 is 11.9 Å². The van der Waals surface area contributed by atoms with Crippen LogP contribution < -0.4 is 5.32 Å². The van der Waals surface area contributed by atoms with Crippen LogP contribution in [0.3, 0.4) is 0 Å². The molecule has 1 amide bonds. The number of carbonyl (C=O) groups excluding carboxylic acids is 2. The minimum absolute atomic E-state index is 0.251. The van der Waals surface area contributed by atoms with Gasteiger partial charge in [-0.3, -0.25) is 4.79 Å². The maximum atomic E-state index is 12.6. The molecule has 0 aliphatic rings. The first-order chi connectivity index (χ1) is 10.6. The molecule has 1 unspecified atom stereocenters. The third kappa shape index (κ3) is 4.81. The first-order valence-corrected chi connectivity index (χ1v) is 8.20. The van der Waals surface area contributed by atoms with Gasteiger partial charge >= 0.3 is 5.97 Å². The zero-order chi connectivity index (χ0) is 17.7. The summed E-state index contributed by atoms with van der Waals surface area (Å²) in [5.41, 5.74) is -0.239. The molecule has 0 aliphatic heterocycles. The first kappa shape index (κ1) is 19.2. The van der Waals surface area contributed by atoms with E-state index in [0.29, 0.717) is 12.1 Å². The number of amides is 1. The van der Waals surface area contributed by atoms with Crippen molar-refractivity contribution in [2.24, 2.45) is 5.41 Å². The second-order valence-corrected chi connectivity index (χ2v) is 7.15. The number of ether oxygens (including phenoxy) is 1. The van der Waals surface area contributed by atoms with Gasteiger partial charge in [0.05, 0.1) is 5.56 Å². The summed E-state index contributed by atoms with van der Waals surface area (Å²) in [5, 5.41) is 2.88. The second-order valence-electron chi connectivity index (χ2n) is 7.15. The van der Waals surface area contributed by atoms with E-state index >= 15 is 0 Å². The highest BCUT2D eigenvalue weighted by Gasteiger charge is 2.48. The molecular weight excluding hydrogens is 290 g/mol. The highest BCUT2D eigenvalue weighted by molar-refractivity contribution is 5.94. The minimum atomic E-state index is -1.23. The highest BCUT2D eigenvalue weighted by Crippen LogP contribution is 2.34. The van der Waals surface area contributed by atoms with E-state index < -0.39 is 17.0 Å². The number of rotatable bonds is 6. The second kappa shape index (κ2) is 7.62. The van der Waals surface area contributed by atoms with Crippen molar-refractivity contribution < 1.29 is 14.3 Å². The summed E-state index contributed by atoms with van der Waals surface area (Å²) in [6, 6.07) is 7.14. The van der Waals surface area contributed by atoms with Gasteiger partial charge in [0, 0.05) is 12.0 Å². The minimum Gasteiger partial charge on any atom is -0.445 e. The van der Waals surface area contributed by atoms with Gasteiger partial charge in [-0.1, -0.05) is 51.8 Å². The van der Waals surface area contributed by atoms with Gasteiger partial charge < -0.3 is 10.1 Å². The molecule has 4 nitrogen and oxygen atoms in total. The zero-order valence-electron chi connectivity index (χ0n) is 15.2. The summed E-state index contributed by atoms with van der Waals surface area (Å²) in [4.78, 5) is 25.1. The lowest BCUT2D eigenvalue weighted by atomic mass is 9.76. The molecular formula is C19H29NO3. The predicted molar refractivity (Wildman–Crippen MR) is 92.4 cm³/mol. The van der Waals surface area contributed by atoms with Crippen LogP contribution in [0.2, 0.25) is 0 Å². The van der Waals surface area contributed by atoms with Crippen LogP contribution in [-0.2, 0) is 9.53 Å². The van der Waals surface area contributed by atoms with Crippen molar-refractivity contribution in [3.63, 3.8) is 0 Å². The predicted octanol–water partition coefficient (Wildman–Crippen LogP) is 3.87. The molecule has 0 spiro atoms. The van der Waals surface area contributed by atoms with Crippen molar-refractivity contribution in [1.29, 1.82) is 0 Å². The molecule has 4 heteroatoms. The van der Waals surface area contributed by atoms with E-state index in [-0.39, 0.29) is 5.91 Å². The fraction of sp³-hybridized carbons (Fsp3) is 0.579. The Balaban J connectivity index is 2.95. The Bertz CT molecular complexity index is 543. The summed E-state index contributed by atoms with van der Waals surface area (Å²) in [5.74, 6) is -0.730. The van der Waals surface area contributed by atoms with Crippen LogP contribution in [0.4, 0.5) is 0 Å². The number of hydrogen-bond acceptors (Lipinski definition) is 3. The van der Waals surface area contributed by atoms with Gasteiger partial charge in [0.1, 0.15) is 0 Å². The van der Waals surface area contributed by atoms with Crippen LogP contribution in [0.5, 0.6) is 0 Å². The van der Waals surface area contributed by atoms with E-state index in [1.165, 1.54) is 0 Å². The van der Waals surface area contributed by atoms with E-state index in [1.807, 2.05) is 39.8 Å². The summed E-state index contributed by atoms with van der Waals surface area (Å²) in [6.07, 6.45) is 1.90. The molecule has 1 aromatic carbocycles. The number of carbonyl (C=O) groups is 2. The van der Waals surface area contributed by atoms with Gasteiger partial charge in [0.2, 0.25) is 0 Å². The maximum absolute atomic E-state index is 12.6. The average molecular weight is 319 g/mol. The number of aryl methyl sites for hydroxylation is 1. The smallest absolute Gasteiger partial charge is 0.339 e. The third-order valence-electron chi connectivity index (χ3n) is 4.26. The monoisotopic (exact) mass is 319 g/mol. The number of unbranched alkanes of at least 4 members (excludes halogenated alkanes) is 1. The molecule has 0 saturated carbocycles. The van der Waals surface area contributed by atoms with E-state index in [9.17, 15) is 9.59 Å². The van der Waals surface area contributed by atoms with E-state index in [1.54, 1.807) is 19.1 Å². The average Bonchev–Trinajstić information content (AvgIpc) is 2.46. The molecule has 0 aromatic heterocycles. The SMILES string of the molecule is CCCCNC(=O)C(C)(OC(=O)c1ccc(C)cc1)C(C)(C)C. The largest absolute Gasteiger partial charge is 0.445 e. The van der Waals surface area contributed by atoms with Crippen LogP contribution in [0.1, 0.15) is 63.4 Å². The maximum Gasteiger partial charge on any atom is 0.339 e. The van der Waals surface area contributed by atoms with Crippen LogP contribution >= 0.6 is 0 Å². The summed E-state index contributed by atoms with van der Waals surface area (Å²) < 4.78 is 5.67. The Labute approximate surface area is 139 Å². The Morgan fingerprint density at radius 1 is 1.09 bits per heavy atom. The van der Waals surface area contributed by atoms with Gasteiger partial charge in [0.25, 0.3) is 5.91 Å². The standard InChI is InChI=1S/C19H29NO3/c1-7-8-13-20-17(22)19(6,18(3,4)5)23-16(21)15-11-9-14(2)10-12-15/h9-12H,7-8,13H2,1-6H3,(H,20,22). The quantitative estimate of drug-likeness (QED) is 0.639. The van der Waals surface area contributed by atoms with Crippen molar-refractivity contribution in [2.45, 2.75) is 60.0 Å². The van der Waals surface area contributed by atoms with Gasteiger partial charge in [-0.25, -0.2) is 4.79 Å². The Kier molecular flexibility index (Phi) is 6.37. The van der Waals surface area contributed by atoms with Crippen molar-refractivity contribution in [2.75, 3.05) is 6.54 Å². The van der Waals surface area contributed by atoms with Gasteiger partial charge in [-0.2, -0.15) is 0 Å². The Hall–Kier alpha value is -1.84. The van der Waals surface area contributed by atoms with Crippen LogP contribution in [0.15, 0.2) is 24.3 Å². The van der Waals surface area contributed by atoms with Crippen LogP contribution in [-0.4, -0.2) is 24.0 Å². The number of hydrogen-bond donors (Lipinski definition) is 1. The molecule has 0 heterocycles. The molecule has 0 bridgehead atoms. The van der Waals surface area contributed by atoms with E-state index in [0.717, 1.165) is 18.4 Å². The van der Waals surface area contributed by atoms with E-state index in [4.69, 9.17) is 4.74 Å². The third-order valence-corrected chi connectivity index (χ3v) is 4.26.